The first-order chi connectivity index (χ1) is 7.29. The lowest BCUT2D eigenvalue weighted by Gasteiger charge is -2.35. The summed E-state index contributed by atoms with van der Waals surface area (Å²) in [4.78, 5) is 0. The Morgan fingerprint density at radius 2 is 2.20 bits per heavy atom. The predicted octanol–water partition coefficient (Wildman–Crippen LogP) is 1.78. The lowest BCUT2D eigenvalue weighted by Crippen LogP contribution is -2.43. The van der Waals surface area contributed by atoms with Crippen molar-refractivity contribution in [1.29, 1.82) is 5.26 Å². The van der Waals surface area contributed by atoms with Crippen LogP contribution in [0.5, 0.6) is 5.75 Å². The zero-order chi connectivity index (χ0) is 10.7. The number of para-hydroxylation sites is 1. The van der Waals surface area contributed by atoms with Gasteiger partial charge in [0.15, 0.2) is 0 Å². The molecule has 78 valence electrons. The second-order valence-corrected chi connectivity index (χ2v) is 3.87. The summed E-state index contributed by atoms with van der Waals surface area (Å²) >= 11 is 0. The fraction of sp³-hybridized carbons (Fsp3) is 0.417. The molecule has 1 aliphatic rings. The summed E-state index contributed by atoms with van der Waals surface area (Å²) in [6.07, 6.45) is 0.702. The maximum Gasteiger partial charge on any atom is 0.122 e. The topological polar surface area (TPSA) is 42.2 Å². The van der Waals surface area contributed by atoms with Crippen LogP contribution in [0.1, 0.15) is 5.56 Å². The summed E-state index contributed by atoms with van der Waals surface area (Å²) in [5.74, 6) is 0.846. The minimum absolute atomic E-state index is 0.339. The van der Waals surface area contributed by atoms with Gasteiger partial charge in [0.2, 0.25) is 0 Å². The van der Waals surface area contributed by atoms with Crippen LogP contribution >= 0.6 is 0 Å². The number of nitriles is 1. The van der Waals surface area contributed by atoms with Gasteiger partial charge in [-0.25, -0.2) is 0 Å². The molecule has 0 amide bonds. The van der Waals surface area contributed by atoms with Crippen LogP contribution in [0.15, 0.2) is 24.3 Å². The SMILES string of the molecule is COc1ccccc1CC1(C#N)COC1. The van der Waals surface area contributed by atoms with Crippen LogP contribution in [0, 0.1) is 16.7 Å². The standard InChI is InChI=1S/C12H13NO2/c1-14-11-5-3-2-4-10(11)6-12(7-13)8-15-9-12/h2-5H,6,8-9H2,1H3. The molecule has 0 aromatic heterocycles. The van der Waals surface area contributed by atoms with E-state index in [2.05, 4.69) is 6.07 Å². The Balaban J connectivity index is 2.20. The van der Waals surface area contributed by atoms with Gasteiger partial charge in [0, 0.05) is 0 Å². The largest absolute Gasteiger partial charge is 0.496 e. The van der Waals surface area contributed by atoms with E-state index >= 15 is 0 Å². The number of nitrogens with zero attached hydrogens (tertiary/aromatic N) is 1. The van der Waals surface area contributed by atoms with Crippen molar-refractivity contribution >= 4 is 0 Å². The third-order valence-electron chi connectivity index (χ3n) is 2.72. The van der Waals surface area contributed by atoms with Crippen molar-refractivity contribution < 1.29 is 9.47 Å². The fourth-order valence-electron chi connectivity index (χ4n) is 1.77. The van der Waals surface area contributed by atoms with Crippen molar-refractivity contribution in [3.05, 3.63) is 29.8 Å². The highest BCUT2D eigenvalue weighted by atomic mass is 16.5. The molecule has 15 heavy (non-hydrogen) atoms. The summed E-state index contributed by atoms with van der Waals surface area (Å²) in [5.41, 5.74) is 0.735. The van der Waals surface area contributed by atoms with Gasteiger partial charge in [0.05, 0.1) is 26.4 Å². The molecule has 0 atom stereocenters. The highest BCUT2D eigenvalue weighted by Gasteiger charge is 2.39. The Bertz CT molecular complexity index is 391. The summed E-state index contributed by atoms with van der Waals surface area (Å²) < 4.78 is 10.4. The van der Waals surface area contributed by atoms with Crippen molar-refractivity contribution in [1.82, 2.24) is 0 Å². The Morgan fingerprint density at radius 1 is 1.47 bits per heavy atom. The summed E-state index contributed by atoms with van der Waals surface area (Å²) in [6, 6.07) is 10.1. The quantitative estimate of drug-likeness (QED) is 0.752. The molecule has 1 aromatic rings. The van der Waals surface area contributed by atoms with Crippen molar-refractivity contribution in [2.45, 2.75) is 6.42 Å². The smallest absolute Gasteiger partial charge is 0.122 e. The molecule has 0 N–H and O–H groups in total. The van der Waals surface area contributed by atoms with Crippen LogP contribution in [-0.4, -0.2) is 20.3 Å². The average Bonchev–Trinajstić information content (AvgIpc) is 2.24. The monoisotopic (exact) mass is 203 g/mol. The molecule has 1 saturated heterocycles. The molecule has 0 unspecified atom stereocenters. The van der Waals surface area contributed by atoms with E-state index in [0.717, 1.165) is 11.3 Å². The second-order valence-electron chi connectivity index (χ2n) is 3.87. The van der Waals surface area contributed by atoms with Gasteiger partial charge in [0.1, 0.15) is 11.2 Å². The Kier molecular flexibility index (Phi) is 2.61. The van der Waals surface area contributed by atoms with Crippen LogP contribution in [0.25, 0.3) is 0 Å². The molecule has 1 aliphatic heterocycles. The van der Waals surface area contributed by atoms with Crippen LogP contribution < -0.4 is 4.74 Å². The van der Waals surface area contributed by atoms with Gasteiger partial charge >= 0.3 is 0 Å². The van der Waals surface area contributed by atoms with Gasteiger partial charge in [0.25, 0.3) is 0 Å². The second kappa shape index (κ2) is 3.92. The molecule has 1 aromatic carbocycles. The van der Waals surface area contributed by atoms with E-state index < -0.39 is 0 Å². The molecule has 0 radical (unpaired) electrons. The molecule has 2 rings (SSSR count). The van der Waals surface area contributed by atoms with E-state index in [4.69, 9.17) is 14.7 Å². The lowest BCUT2D eigenvalue weighted by molar-refractivity contribution is -0.0767. The van der Waals surface area contributed by atoms with E-state index in [1.54, 1.807) is 7.11 Å². The normalized spacial score (nSPS) is 17.6. The number of methoxy groups -OCH3 is 1. The van der Waals surface area contributed by atoms with Crippen molar-refractivity contribution in [3.8, 4) is 11.8 Å². The van der Waals surface area contributed by atoms with Gasteiger partial charge < -0.3 is 9.47 Å². The fourth-order valence-corrected chi connectivity index (χ4v) is 1.77. The van der Waals surface area contributed by atoms with Gasteiger partial charge in [-0.05, 0) is 18.1 Å². The van der Waals surface area contributed by atoms with E-state index in [9.17, 15) is 0 Å². The molecule has 3 heteroatoms. The van der Waals surface area contributed by atoms with Gasteiger partial charge in [-0.2, -0.15) is 5.26 Å². The van der Waals surface area contributed by atoms with Gasteiger partial charge in [-0.1, -0.05) is 18.2 Å². The number of hydrogen-bond donors (Lipinski definition) is 0. The van der Waals surface area contributed by atoms with E-state index in [-0.39, 0.29) is 5.41 Å². The number of hydrogen-bond acceptors (Lipinski definition) is 3. The molecule has 3 nitrogen and oxygen atoms in total. The summed E-state index contributed by atoms with van der Waals surface area (Å²) in [5, 5.41) is 9.09. The molecule has 1 fully saturated rings. The first-order valence-electron chi connectivity index (χ1n) is 4.90. The number of benzene rings is 1. The van der Waals surface area contributed by atoms with Gasteiger partial charge in [-0.3, -0.25) is 0 Å². The number of rotatable bonds is 3. The lowest BCUT2D eigenvalue weighted by atomic mass is 9.81. The Morgan fingerprint density at radius 3 is 2.73 bits per heavy atom. The van der Waals surface area contributed by atoms with Crippen LogP contribution in [0.2, 0.25) is 0 Å². The van der Waals surface area contributed by atoms with E-state index in [0.29, 0.717) is 19.6 Å². The molecule has 0 saturated carbocycles. The van der Waals surface area contributed by atoms with E-state index in [1.165, 1.54) is 0 Å². The van der Waals surface area contributed by atoms with Crippen molar-refractivity contribution in [2.24, 2.45) is 5.41 Å². The first kappa shape index (κ1) is 10.0. The maximum absolute atomic E-state index is 9.09. The molecule has 1 heterocycles. The highest BCUT2D eigenvalue weighted by Crippen LogP contribution is 2.33. The molecule has 0 spiro atoms. The Hall–Kier alpha value is -1.53. The highest BCUT2D eigenvalue weighted by molar-refractivity contribution is 5.35. The van der Waals surface area contributed by atoms with Crippen molar-refractivity contribution in [2.75, 3.05) is 20.3 Å². The summed E-state index contributed by atoms with van der Waals surface area (Å²) in [7, 11) is 1.65. The molecular weight excluding hydrogens is 190 g/mol. The van der Waals surface area contributed by atoms with Gasteiger partial charge in [-0.15, -0.1) is 0 Å². The third-order valence-corrected chi connectivity index (χ3v) is 2.72. The maximum atomic E-state index is 9.09. The number of ether oxygens (including phenoxy) is 2. The molecule has 0 bridgehead atoms. The van der Waals surface area contributed by atoms with Crippen LogP contribution in [-0.2, 0) is 11.2 Å². The minimum atomic E-state index is -0.339. The molecule has 0 aliphatic carbocycles. The summed E-state index contributed by atoms with van der Waals surface area (Å²) in [6.45, 7) is 1.06. The third kappa shape index (κ3) is 1.81. The van der Waals surface area contributed by atoms with Crippen LogP contribution in [0.3, 0.4) is 0 Å². The van der Waals surface area contributed by atoms with E-state index in [1.807, 2.05) is 24.3 Å². The average molecular weight is 203 g/mol. The Labute approximate surface area is 89.2 Å². The zero-order valence-electron chi connectivity index (χ0n) is 8.69. The first-order valence-corrected chi connectivity index (χ1v) is 4.90. The van der Waals surface area contributed by atoms with Crippen molar-refractivity contribution in [3.63, 3.8) is 0 Å². The zero-order valence-corrected chi connectivity index (χ0v) is 8.69. The minimum Gasteiger partial charge on any atom is -0.496 e. The predicted molar refractivity (Wildman–Crippen MR) is 55.6 cm³/mol. The van der Waals surface area contributed by atoms with Crippen LogP contribution in [0.4, 0.5) is 0 Å². The molecular formula is C12H13NO2.